The number of nitrogens with one attached hydrogen (secondary N) is 1. The molecule has 0 saturated carbocycles. The molecule has 1 heterocycles. The summed E-state index contributed by atoms with van der Waals surface area (Å²) in [6, 6.07) is 4.50. The Balaban J connectivity index is 2.04. The smallest absolute Gasteiger partial charge is 0.196 e. The lowest BCUT2D eigenvalue weighted by Gasteiger charge is -2.01. The summed E-state index contributed by atoms with van der Waals surface area (Å²) in [5, 5.41) is 3.29. The number of hydrogen-bond acceptors (Lipinski definition) is 3. The third kappa shape index (κ3) is 3.88. The molecule has 0 unspecified atom stereocenters. The fourth-order valence-electron chi connectivity index (χ4n) is 1.74. The van der Waals surface area contributed by atoms with Gasteiger partial charge >= 0.3 is 0 Å². The van der Waals surface area contributed by atoms with E-state index < -0.39 is 0 Å². The summed E-state index contributed by atoms with van der Waals surface area (Å²) in [7, 11) is 0. The molecule has 0 radical (unpaired) electrons. The number of aromatic nitrogens is 1. The second-order valence-electron chi connectivity index (χ2n) is 4.24. The Morgan fingerprint density at radius 1 is 1.37 bits per heavy atom. The second-order valence-corrected chi connectivity index (χ2v) is 5.10. The molecule has 0 atom stereocenters. The van der Waals surface area contributed by atoms with Gasteiger partial charge in [0.25, 0.3) is 0 Å². The van der Waals surface area contributed by atoms with Gasteiger partial charge in [-0.25, -0.2) is 9.37 Å². The van der Waals surface area contributed by atoms with Crippen LogP contribution in [0.1, 0.15) is 19.2 Å². The zero-order chi connectivity index (χ0) is 13.7. The quantitative estimate of drug-likeness (QED) is 0.821. The lowest BCUT2D eigenvalue weighted by atomic mass is 10.2. The summed E-state index contributed by atoms with van der Waals surface area (Å²) in [6.45, 7) is 3.97. The first-order chi connectivity index (χ1) is 9.20. The minimum absolute atomic E-state index is 0.279. The summed E-state index contributed by atoms with van der Waals surface area (Å²) < 4.78 is 19.4. The first kappa shape index (κ1) is 14.2. The number of rotatable bonds is 6. The molecule has 0 saturated heterocycles. The molecule has 3 nitrogen and oxygen atoms in total. The van der Waals surface area contributed by atoms with Crippen molar-refractivity contribution in [2.75, 3.05) is 13.1 Å². The lowest BCUT2D eigenvalue weighted by molar-refractivity contribution is 0.494. The van der Waals surface area contributed by atoms with Gasteiger partial charge < -0.3 is 9.73 Å². The van der Waals surface area contributed by atoms with Gasteiger partial charge in [0, 0.05) is 23.0 Å². The van der Waals surface area contributed by atoms with Crippen LogP contribution < -0.4 is 5.32 Å². The van der Waals surface area contributed by atoms with Crippen LogP contribution in [0.2, 0.25) is 0 Å². The topological polar surface area (TPSA) is 38.1 Å². The van der Waals surface area contributed by atoms with E-state index in [2.05, 4.69) is 33.2 Å². The fourth-order valence-corrected chi connectivity index (χ4v) is 2.28. The maximum absolute atomic E-state index is 13.0. The third-order valence-electron chi connectivity index (χ3n) is 2.69. The van der Waals surface area contributed by atoms with Crippen molar-refractivity contribution >= 4 is 15.9 Å². The largest absolute Gasteiger partial charge is 0.441 e. The zero-order valence-corrected chi connectivity index (χ0v) is 12.3. The van der Waals surface area contributed by atoms with Crippen LogP contribution in [0.3, 0.4) is 0 Å². The van der Waals surface area contributed by atoms with Crippen LogP contribution in [-0.2, 0) is 6.42 Å². The van der Waals surface area contributed by atoms with Crippen molar-refractivity contribution in [2.24, 2.45) is 0 Å². The molecule has 0 spiro atoms. The number of oxazole rings is 1. The zero-order valence-electron chi connectivity index (χ0n) is 10.7. The molecule has 0 amide bonds. The van der Waals surface area contributed by atoms with Gasteiger partial charge in [-0.1, -0.05) is 6.92 Å². The van der Waals surface area contributed by atoms with Crippen LogP contribution in [0.15, 0.2) is 33.3 Å². The summed E-state index contributed by atoms with van der Waals surface area (Å²) in [4.78, 5) is 4.23. The maximum atomic E-state index is 13.0. The Morgan fingerprint density at radius 2 is 2.21 bits per heavy atom. The van der Waals surface area contributed by atoms with Crippen molar-refractivity contribution in [3.63, 3.8) is 0 Å². The molecule has 1 N–H and O–H groups in total. The van der Waals surface area contributed by atoms with Crippen molar-refractivity contribution in [2.45, 2.75) is 19.8 Å². The predicted molar refractivity (Wildman–Crippen MR) is 76.5 cm³/mol. The van der Waals surface area contributed by atoms with Gasteiger partial charge in [0.1, 0.15) is 5.82 Å². The number of benzene rings is 1. The van der Waals surface area contributed by atoms with E-state index in [0.29, 0.717) is 16.1 Å². The molecule has 0 fully saturated rings. The average molecular weight is 327 g/mol. The Labute approximate surface area is 120 Å². The molecule has 0 aliphatic heterocycles. The minimum atomic E-state index is -0.279. The van der Waals surface area contributed by atoms with Crippen LogP contribution in [0.25, 0.3) is 11.3 Å². The third-order valence-corrected chi connectivity index (χ3v) is 3.35. The lowest BCUT2D eigenvalue weighted by Crippen LogP contribution is -2.17. The summed E-state index contributed by atoms with van der Waals surface area (Å²) >= 11 is 3.33. The molecule has 1 aromatic heterocycles. The molecule has 0 bridgehead atoms. The standard InChI is InChI=1S/C14H16BrFN2O/c1-2-6-17-7-5-14-18-9-13(19-14)11-4-3-10(16)8-12(11)15/h3-4,8-9,17H,2,5-7H2,1H3. The minimum Gasteiger partial charge on any atom is -0.441 e. The number of hydrogen-bond donors (Lipinski definition) is 1. The second kappa shape index (κ2) is 6.82. The Kier molecular flexibility index (Phi) is 5.10. The SMILES string of the molecule is CCCNCCc1ncc(-c2ccc(F)cc2Br)o1. The van der Waals surface area contributed by atoms with E-state index in [4.69, 9.17) is 4.42 Å². The van der Waals surface area contributed by atoms with Crippen LogP contribution in [-0.4, -0.2) is 18.1 Å². The van der Waals surface area contributed by atoms with E-state index >= 15 is 0 Å². The molecule has 5 heteroatoms. The predicted octanol–water partition coefficient (Wildman–Crippen LogP) is 3.79. The van der Waals surface area contributed by atoms with Gasteiger partial charge in [-0.15, -0.1) is 0 Å². The van der Waals surface area contributed by atoms with Crippen molar-refractivity contribution in [1.29, 1.82) is 0 Å². The average Bonchev–Trinajstić information content (AvgIpc) is 2.83. The van der Waals surface area contributed by atoms with Crippen molar-refractivity contribution in [3.8, 4) is 11.3 Å². The summed E-state index contributed by atoms with van der Waals surface area (Å²) in [5.41, 5.74) is 0.807. The Morgan fingerprint density at radius 3 is 2.95 bits per heavy atom. The fraction of sp³-hybridized carbons (Fsp3) is 0.357. The van der Waals surface area contributed by atoms with E-state index in [9.17, 15) is 4.39 Å². The van der Waals surface area contributed by atoms with Crippen LogP contribution in [0, 0.1) is 5.82 Å². The first-order valence-corrected chi connectivity index (χ1v) is 7.11. The molecule has 102 valence electrons. The van der Waals surface area contributed by atoms with Gasteiger partial charge in [-0.2, -0.15) is 0 Å². The molecule has 0 aliphatic rings. The molecule has 19 heavy (non-hydrogen) atoms. The van der Waals surface area contributed by atoms with E-state index in [1.54, 1.807) is 12.3 Å². The van der Waals surface area contributed by atoms with Crippen molar-refractivity contribution < 1.29 is 8.81 Å². The van der Waals surface area contributed by atoms with Gasteiger partial charge in [0.15, 0.2) is 11.7 Å². The molecule has 1 aromatic carbocycles. The van der Waals surface area contributed by atoms with E-state index in [-0.39, 0.29) is 5.82 Å². The van der Waals surface area contributed by atoms with E-state index in [1.807, 2.05) is 0 Å². The Bertz CT molecular complexity index is 542. The van der Waals surface area contributed by atoms with Crippen molar-refractivity contribution in [3.05, 3.63) is 40.6 Å². The molecule has 2 aromatic rings. The number of nitrogens with zero attached hydrogens (tertiary/aromatic N) is 1. The molecule has 0 aliphatic carbocycles. The monoisotopic (exact) mass is 326 g/mol. The van der Waals surface area contributed by atoms with Gasteiger partial charge in [-0.3, -0.25) is 0 Å². The van der Waals surface area contributed by atoms with E-state index in [0.717, 1.165) is 31.5 Å². The normalized spacial score (nSPS) is 10.9. The van der Waals surface area contributed by atoms with Crippen LogP contribution >= 0.6 is 15.9 Å². The summed E-state index contributed by atoms with van der Waals surface area (Å²) in [6.07, 6.45) is 3.53. The Hall–Kier alpha value is -1.20. The highest BCUT2D eigenvalue weighted by molar-refractivity contribution is 9.10. The maximum Gasteiger partial charge on any atom is 0.196 e. The highest BCUT2D eigenvalue weighted by Crippen LogP contribution is 2.29. The molecule has 2 rings (SSSR count). The van der Waals surface area contributed by atoms with E-state index in [1.165, 1.54) is 12.1 Å². The van der Waals surface area contributed by atoms with Gasteiger partial charge in [0.05, 0.1) is 6.20 Å². The van der Waals surface area contributed by atoms with Gasteiger partial charge in [0.2, 0.25) is 0 Å². The molecular weight excluding hydrogens is 311 g/mol. The van der Waals surface area contributed by atoms with Crippen LogP contribution in [0.5, 0.6) is 0 Å². The number of halogens is 2. The van der Waals surface area contributed by atoms with Crippen LogP contribution in [0.4, 0.5) is 4.39 Å². The van der Waals surface area contributed by atoms with Crippen molar-refractivity contribution in [1.82, 2.24) is 10.3 Å². The summed E-state index contributed by atoms with van der Waals surface area (Å²) in [5.74, 6) is 1.06. The first-order valence-electron chi connectivity index (χ1n) is 6.31. The highest BCUT2D eigenvalue weighted by atomic mass is 79.9. The molecular formula is C14H16BrFN2O. The van der Waals surface area contributed by atoms with Gasteiger partial charge in [-0.05, 0) is 47.1 Å². The highest BCUT2D eigenvalue weighted by Gasteiger charge is 2.10.